The topological polar surface area (TPSA) is 68.9 Å². The molecule has 176 valence electrons. The first-order valence-corrected chi connectivity index (χ1v) is 10.7. The van der Waals surface area contributed by atoms with Gasteiger partial charge in [0.1, 0.15) is 17.7 Å². The quantitative estimate of drug-likeness (QED) is 0.512. The van der Waals surface area contributed by atoms with Crippen LogP contribution in [0.25, 0.3) is 11.3 Å². The summed E-state index contributed by atoms with van der Waals surface area (Å²) >= 11 is 0. The lowest BCUT2D eigenvalue weighted by Crippen LogP contribution is -2.47. The molecule has 6 nitrogen and oxygen atoms in total. The van der Waals surface area contributed by atoms with Gasteiger partial charge in [-0.15, -0.1) is 10.2 Å². The molecule has 0 aliphatic carbocycles. The van der Waals surface area contributed by atoms with E-state index in [0.717, 1.165) is 17.2 Å². The molecule has 0 unspecified atom stereocenters. The van der Waals surface area contributed by atoms with Gasteiger partial charge in [-0.05, 0) is 61.7 Å². The summed E-state index contributed by atoms with van der Waals surface area (Å²) in [4.78, 5) is 8.07. The van der Waals surface area contributed by atoms with Crippen LogP contribution in [0.2, 0.25) is 0 Å². The van der Waals surface area contributed by atoms with Crippen molar-refractivity contribution in [2.45, 2.75) is 26.9 Å². The van der Waals surface area contributed by atoms with Crippen molar-refractivity contribution in [1.29, 1.82) is 5.26 Å². The smallest absolute Gasteiger partial charge is 0.353 e. The summed E-state index contributed by atoms with van der Waals surface area (Å²) in [6.45, 7) is 7.26. The predicted octanol–water partition coefficient (Wildman–Crippen LogP) is 4.82. The average molecular weight is 470 g/mol. The van der Waals surface area contributed by atoms with Crippen LogP contribution in [0, 0.1) is 37.9 Å². The minimum atomic E-state index is -4.42. The van der Waals surface area contributed by atoms with Crippen molar-refractivity contribution < 1.29 is 17.6 Å². The fourth-order valence-corrected chi connectivity index (χ4v) is 4.06. The summed E-state index contributed by atoms with van der Waals surface area (Å²) in [5, 5.41) is 17.8. The van der Waals surface area contributed by atoms with E-state index in [1.54, 1.807) is 6.07 Å². The van der Waals surface area contributed by atoms with E-state index in [-0.39, 0.29) is 11.1 Å². The molecule has 0 atom stereocenters. The van der Waals surface area contributed by atoms with Gasteiger partial charge < -0.3 is 9.80 Å². The first-order valence-electron chi connectivity index (χ1n) is 10.7. The number of benzene rings is 1. The van der Waals surface area contributed by atoms with E-state index in [1.165, 1.54) is 25.3 Å². The Labute approximate surface area is 194 Å². The number of aryl methyl sites for hydroxylation is 1. The summed E-state index contributed by atoms with van der Waals surface area (Å²) in [6, 6.07) is 7.19. The van der Waals surface area contributed by atoms with Gasteiger partial charge >= 0.3 is 6.18 Å². The largest absolute Gasteiger partial charge is 0.416 e. The van der Waals surface area contributed by atoms with Gasteiger partial charge in [0.2, 0.25) is 0 Å². The summed E-state index contributed by atoms with van der Waals surface area (Å²) < 4.78 is 53.5. The lowest BCUT2D eigenvalue weighted by Gasteiger charge is -2.37. The Kier molecular flexibility index (Phi) is 6.13. The number of rotatable bonds is 3. The van der Waals surface area contributed by atoms with Crippen LogP contribution in [0.15, 0.2) is 30.5 Å². The van der Waals surface area contributed by atoms with Crippen LogP contribution in [0.1, 0.15) is 27.8 Å². The summed E-state index contributed by atoms with van der Waals surface area (Å²) in [5.41, 5.74) is 2.29. The van der Waals surface area contributed by atoms with Gasteiger partial charge in [-0.25, -0.2) is 9.37 Å². The van der Waals surface area contributed by atoms with Crippen LogP contribution in [-0.4, -0.2) is 41.4 Å². The Morgan fingerprint density at radius 3 is 2.26 bits per heavy atom. The number of nitrogens with zero attached hydrogens (tertiary/aromatic N) is 6. The highest BCUT2D eigenvalue weighted by molar-refractivity contribution is 5.68. The molecular weight excluding hydrogens is 448 g/mol. The second-order valence-corrected chi connectivity index (χ2v) is 8.26. The molecule has 0 N–H and O–H groups in total. The van der Waals surface area contributed by atoms with Crippen LogP contribution in [0.3, 0.4) is 0 Å². The first-order chi connectivity index (χ1) is 16.1. The molecule has 1 fully saturated rings. The van der Waals surface area contributed by atoms with E-state index in [0.29, 0.717) is 49.1 Å². The maximum Gasteiger partial charge on any atom is 0.416 e. The Hall–Kier alpha value is -3.74. The monoisotopic (exact) mass is 470 g/mol. The molecule has 2 aromatic heterocycles. The van der Waals surface area contributed by atoms with Gasteiger partial charge in [0.25, 0.3) is 0 Å². The van der Waals surface area contributed by atoms with Crippen molar-refractivity contribution in [2.75, 3.05) is 36.0 Å². The molecule has 1 aliphatic rings. The van der Waals surface area contributed by atoms with Crippen LogP contribution < -0.4 is 9.80 Å². The summed E-state index contributed by atoms with van der Waals surface area (Å²) in [6.07, 6.45) is -3.16. The molecule has 10 heteroatoms. The third kappa shape index (κ3) is 4.38. The van der Waals surface area contributed by atoms with Crippen molar-refractivity contribution in [3.05, 3.63) is 64.1 Å². The number of aromatic nitrogens is 3. The molecule has 4 rings (SSSR count). The maximum absolute atomic E-state index is 13.7. The van der Waals surface area contributed by atoms with Crippen LogP contribution in [0.4, 0.5) is 29.2 Å². The minimum Gasteiger partial charge on any atom is -0.353 e. The molecule has 0 bridgehead atoms. The van der Waals surface area contributed by atoms with Crippen molar-refractivity contribution in [3.63, 3.8) is 0 Å². The highest BCUT2D eigenvalue weighted by Crippen LogP contribution is 2.34. The second-order valence-electron chi connectivity index (χ2n) is 8.26. The zero-order valence-electron chi connectivity index (χ0n) is 18.9. The number of nitriles is 1. The molecule has 0 amide bonds. The van der Waals surface area contributed by atoms with Crippen molar-refractivity contribution in [1.82, 2.24) is 15.2 Å². The number of alkyl halides is 3. The van der Waals surface area contributed by atoms with E-state index in [2.05, 4.69) is 15.2 Å². The van der Waals surface area contributed by atoms with Gasteiger partial charge in [0.05, 0.1) is 16.8 Å². The number of hydrogen-bond acceptors (Lipinski definition) is 6. The van der Waals surface area contributed by atoms with Crippen molar-refractivity contribution in [2.24, 2.45) is 0 Å². The zero-order valence-corrected chi connectivity index (χ0v) is 18.9. The molecule has 34 heavy (non-hydrogen) atoms. The Morgan fingerprint density at radius 1 is 0.941 bits per heavy atom. The Bertz CT molecular complexity index is 1270. The van der Waals surface area contributed by atoms with E-state index < -0.39 is 17.6 Å². The Balaban J connectivity index is 1.53. The fourth-order valence-electron chi connectivity index (χ4n) is 4.06. The van der Waals surface area contributed by atoms with Gasteiger partial charge in [-0.1, -0.05) is 0 Å². The van der Waals surface area contributed by atoms with Crippen LogP contribution in [0.5, 0.6) is 0 Å². The minimum absolute atomic E-state index is 0.0602. The Morgan fingerprint density at radius 2 is 1.62 bits per heavy atom. The average Bonchev–Trinajstić information content (AvgIpc) is 2.81. The number of pyridine rings is 1. The molecule has 1 aromatic carbocycles. The highest BCUT2D eigenvalue weighted by atomic mass is 19.4. The molecule has 0 spiro atoms. The lowest BCUT2D eigenvalue weighted by molar-refractivity contribution is -0.138. The van der Waals surface area contributed by atoms with E-state index in [1.807, 2.05) is 29.7 Å². The van der Waals surface area contributed by atoms with E-state index in [9.17, 15) is 17.6 Å². The van der Waals surface area contributed by atoms with Gasteiger partial charge in [0.15, 0.2) is 5.82 Å². The molecule has 3 heterocycles. The summed E-state index contributed by atoms with van der Waals surface area (Å²) in [7, 11) is 0. The van der Waals surface area contributed by atoms with E-state index in [4.69, 9.17) is 5.26 Å². The SMILES string of the molecule is Cc1cnc(N2CCN(c3nnc(-c4ccc(F)c(C#N)c4)c(C)c3C)CC2)cc1C(F)(F)F. The molecule has 1 saturated heterocycles. The maximum atomic E-state index is 13.7. The number of anilines is 2. The van der Waals surface area contributed by atoms with Gasteiger partial charge in [-0.2, -0.15) is 18.4 Å². The van der Waals surface area contributed by atoms with Gasteiger partial charge in [0, 0.05) is 37.9 Å². The number of hydrogen-bond donors (Lipinski definition) is 0. The van der Waals surface area contributed by atoms with Crippen LogP contribution in [-0.2, 0) is 6.18 Å². The third-order valence-electron chi connectivity index (χ3n) is 6.16. The number of piperazine rings is 1. The zero-order chi connectivity index (χ0) is 24.6. The first kappa shape index (κ1) is 23.4. The fraction of sp³-hybridized carbons (Fsp3) is 0.333. The normalized spacial score (nSPS) is 14.3. The predicted molar refractivity (Wildman–Crippen MR) is 120 cm³/mol. The molecular formula is C24H22F4N6. The number of halogens is 4. The molecule has 1 aliphatic heterocycles. The van der Waals surface area contributed by atoms with Crippen LogP contribution >= 0.6 is 0 Å². The molecule has 3 aromatic rings. The van der Waals surface area contributed by atoms with Crippen molar-refractivity contribution in [3.8, 4) is 17.3 Å². The molecule has 0 saturated carbocycles. The van der Waals surface area contributed by atoms with Crippen molar-refractivity contribution >= 4 is 11.6 Å². The standard InChI is InChI=1S/C24H22F4N6/c1-14-13-30-21(11-19(14)24(26,27)28)33-6-8-34(9-7-33)23-16(3)15(2)22(31-32-23)17-4-5-20(25)18(10-17)12-29/h4-5,10-11,13H,6-9H2,1-3H3. The van der Waals surface area contributed by atoms with E-state index >= 15 is 0 Å². The summed E-state index contributed by atoms with van der Waals surface area (Å²) in [5.74, 6) is 0.404. The highest BCUT2D eigenvalue weighted by Gasteiger charge is 2.33. The third-order valence-corrected chi connectivity index (χ3v) is 6.16. The van der Waals surface area contributed by atoms with Gasteiger partial charge in [-0.3, -0.25) is 0 Å². The lowest BCUT2D eigenvalue weighted by atomic mass is 10.0. The second kappa shape index (κ2) is 8.89. The molecule has 0 radical (unpaired) electrons.